The van der Waals surface area contributed by atoms with Crippen molar-refractivity contribution in [3.05, 3.63) is 11.7 Å². The van der Waals surface area contributed by atoms with Crippen molar-refractivity contribution in [3.63, 3.8) is 0 Å². The number of alkyl halides is 3. The molecule has 1 aliphatic rings. The number of hydrogen-bond donors (Lipinski definition) is 0. The molecule has 2 rings (SSSR count). The predicted molar refractivity (Wildman–Crippen MR) is 77.0 cm³/mol. The summed E-state index contributed by atoms with van der Waals surface area (Å²) in [4.78, 5) is 8.69. The van der Waals surface area contributed by atoms with E-state index < -0.39 is 12.8 Å². The van der Waals surface area contributed by atoms with Crippen molar-refractivity contribution in [1.29, 1.82) is 0 Å². The zero-order valence-corrected chi connectivity index (χ0v) is 13.5. The fourth-order valence-corrected chi connectivity index (χ4v) is 2.49. The lowest BCUT2D eigenvalue weighted by atomic mass is 10.2. The average Bonchev–Trinajstić information content (AvgIpc) is 2.99. The van der Waals surface area contributed by atoms with Crippen LogP contribution in [0, 0.1) is 0 Å². The van der Waals surface area contributed by atoms with Gasteiger partial charge in [0, 0.05) is 39.1 Å². The smallest absolute Gasteiger partial charge is 0.371 e. The molecule has 2 heterocycles. The van der Waals surface area contributed by atoms with Gasteiger partial charge in [-0.2, -0.15) is 18.2 Å². The molecular formula is C14H23F3N4O2. The van der Waals surface area contributed by atoms with E-state index in [1.165, 1.54) is 0 Å². The number of nitrogens with zero attached hydrogens (tertiary/aromatic N) is 4. The Bertz CT molecular complexity index is 473. The zero-order valence-electron chi connectivity index (χ0n) is 13.5. The maximum absolute atomic E-state index is 12.0. The van der Waals surface area contributed by atoms with Crippen molar-refractivity contribution in [2.24, 2.45) is 0 Å². The van der Waals surface area contributed by atoms with Crippen molar-refractivity contribution in [2.45, 2.75) is 32.5 Å². The Labute approximate surface area is 133 Å². The zero-order chi connectivity index (χ0) is 16.9. The molecule has 9 heteroatoms. The van der Waals surface area contributed by atoms with Crippen molar-refractivity contribution >= 4 is 0 Å². The number of aromatic nitrogens is 2. The van der Waals surface area contributed by atoms with Gasteiger partial charge in [0.1, 0.15) is 6.61 Å². The summed E-state index contributed by atoms with van der Waals surface area (Å²) in [5, 5.41) is 3.90. The minimum atomic E-state index is -4.25. The van der Waals surface area contributed by atoms with Gasteiger partial charge in [0.15, 0.2) is 5.82 Å². The molecule has 0 aromatic carbocycles. The summed E-state index contributed by atoms with van der Waals surface area (Å²) in [5.41, 5.74) is 0. The minimum absolute atomic E-state index is 0.0476. The maximum Gasteiger partial charge on any atom is 0.411 e. The third kappa shape index (κ3) is 5.74. The molecule has 0 radical (unpaired) electrons. The van der Waals surface area contributed by atoms with Gasteiger partial charge in [-0.1, -0.05) is 12.1 Å². The largest absolute Gasteiger partial charge is 0.411 e. The van der Waals surface area contributed by atoms with E-state index in [0.29, 0.717) is 18.3 Å². The lowest BCUT2D eigenvalue weighted by molar-refractivity contribution is -0.174. The molecule has 132 valence electrons. The van der Waals surface area contributed by atoms with Gasteiger partial charge in [0.2, 0.25) is 5.89 Å². The molecule has 0 amide bonds. The minimum Gasteiger partial charge on any atom is -0.371 e. The number of piperazine rings is 1. The van der Waals surface area contributed by atoms with Gasteiger partial charge in [-0.25, -0.2) is 0 Å². The van der Waals surface area contributed by atoms with Gasteiger partial charge < -0.3 is 9.26 Å². The molecule has 1 aromatic rings. The van der Waals surface area contributed by atoms with Gasteiger partial charge in [0.25, 0.3) is 0 Å². The third-order valence-corrected chi connectivity index (χ3v) is 3.93. The summed E-state index contributed by atoms with van der Waals surface area (Å²) < 4.78 is 45.9. The van der Waals surface area contributed by atoms with E-state index in [4.69, 9.17) is 4.52 Å². The second kappa shape index (κ2) is 8.07. The Kier molecular flexibility index (Phi) is 6.37. The van der Waals surface area contributed by atoms with Crippen LogP contribution in [0.4, 0.5) is 13.2 Å². The molecular weight excluding hydrogens is 313 g/mol. The third-order valence-electron chi connectivity index (χ3n) is 3.93. The topological polar surface area (TPSA) is 54.6 Å². The Morgan fingerprint density at radius 3 is 2.52 bits per heavy atom. The van der Waals surface area contributed by atoms with E-state index in [0.717, 1.165) is 32.6 Å². The number of aryl methyl sites for hydroxylation is 1. The van der Waals surface area contributed by atoms with Gasteiger partial charge in [-0.05, 0) is 6.92 Å². The van der Waals surface area contributed by atoms with Crippen molar-refractivity contribution in [3.8, 4) is 0 Å². The summed E-state index contributed by atoms with van der Waals surface area (Å²) >= 11 is 0. The summed E-state index contributed by atoms with van der Waals surface area (Å²) in [7, 11) is 0. The van der Waals surface area contributed by atoms with E-state index in [9.17, 15) is 13.2 Å². The maximum atomic E-state index is 12.0. The molecule has 6 nitrogen and oxygen atoms in total. The van der Waals surface area contributed by atoms with Gasteiger partial charge in [-0.15, -0.1) is 0 Å². The van der Waals surface area contributed by atoms with Crippen LogP contribution in [0.15, 0.2) is 4.52 Å². The lowest BCUT2D eigenvalue weighted by Crippen LogP contribution is -2.48. The fourth-order valence-electron chi connectivity index (χ4n) is 2.49. The summed E-state index contributed by atoms with van der Waals surface area (Å²) in [6.45, 7) is 6.61. The van der Waals surface area contributed by atoms with Crippen LogP contribution >= 0.6 is 0 Å². The Hall–Kier alpha value is -1.19. The van der Waals surface area contributed by atoms with Crippen LogP contribution in [-0.2, 0) is 11.2 Å². The standard InChI is InChI=1S/C14H23F3N4O2/c1-3-12-18-13(23-19-12)11(2)21-6-4-20(5-7-21)8-9-22-10-14(15,16)17/h11H,3-10H2,1-2H3/t11-/m0/s1. The Balaban J connectivity index is 1.69. The first-order chi connectivity index (χ1) is 10.9. The number of hydrogen-bond acceptors (Lipinski definition) is 6. The summed E-state index contributed by atoms with van der Waals surface area (Å²) in [6.07, 6.45) is -3.52. The van der Waals surface area contributed by atoms with Crippen LogP contribution in [0.1, 0.15) is 31.6 Å². The molecule has 1 aromatic heterocycles. The molecule has 1 atom stereocenters. The first kappa shape index (κ1) is 18.2. The molecule has 0 aliphatic carbocycles. The SMILES string of the molecule is CCc1noc([C@H](C)N2CCN(CCOCC(F)(F)F)CC2)n1. The van der Waals surface area contributed by atoms with Crippen LogP contribution in [0.25, 0.3) is 0 Å². The highest BCUT2D eigenvalue weighted by molar-refractivity contribution is 4.93. The van der Waals surface area contributed by atoms with Gasteiger partial charge in [-0.3, -0.25) is 9.80 Å². The second-order valence-electron chi connectivity index (χ2n) is 5.62. The van der Waals surface area contributed by atoms with E-state index in [-0.39, 0.29) is 12.6 Å². The van der Waals surface area contributed by atoms with Crippen LogP contribution in [0.2, 0.25) is 0 Å². The van der Waals surface area contributed by atoms with E-state index >= 15 is 0 Å². The summed E-state index contributed by atoms with van der Waals surface area (Å²) in [6, 6.07) is 0.0476. The fraction of sp³-hybridized carbons (Fsp3) is 0.857. The second-order valence-corrected chi connectivity index (χ2v) is 5.62. The molecule has 0 spiro atoms. The molecule has 1 fully saturated rings. The average molecular weight is 336 g/mol. The monoisotopic (exact) mass is 336 g/mol. The highest BCUT2D eigenvalue weighted by Gasteiger charge is 2.28. The molecule has 1 aliphatic heterocycles. The van der Waals surface area contributed by atoms with Crippen LogP contribution in [0.5, 0.6) is 0 Å². The first-order valence-corrected chi connectivity index (χ1v) is 7.82. The molecule has 0 N–H and O–H groups in total. The molecule has 0 unspecified atom stereocenters. The Morgan fingerprint density at radius 2 is 1.96 bits per heavy atom. The summed E-state index contributed by atoms with van der Waals surface area (Å²) in [5.74, 6) is 1.32. The van der Waals surface area contributed by atoms with Crippen LogP contribution in [0.3, 0.4) is 0 Å². The van der Waals surface area contributed by atoms with Crippen molar-refractivity contribution in [2.75, 3.05) is 45.9 Å². The van der Waals surface area contributed by atoms with E-state index in [1.807, 2.05) is 13.8 Å². The molecule has 23 heavy (non-hydrogen) atoms. The normalized spacial score (nSPS) is 19.2. The van der Waals surface area contributed by atoms with Crippen molar-refractivity contribution < 1.29 is 22.4 Å². The van der Waals surface area contributed by atoms with E-state index in [2.05, 4.69) is 24.7 Å². The number of ether oxygens (including phenoxy) is 1. The van der Waals surface area contributed by atoms with Gasteiger partial charge in [0.05, 0.1) is 12.6 Å². The van der Waals surface area contributed by atoms with Crippen LogP contribution in [-0.4, -0.2) is 72.1 Å². The van der Waals surface area contributed by atoms with Crippen molar-refractivity contribution in [1.82, 2.24) is 19.9 Å². The highest BCUT2D eigenvalue weighted by atomic mass is 19.4. The Morgan fingerprint density at radius 1 is 1.26 bits per heavy atom. The first-order valence-electron chi connectivity index (χ1n) is 7.82. The van der Waals surface area contributed by atoms with Gasteiger partial charge >= 0.3 is 6.18 Å². The molecule has 1 saturated heterocycles. The lowest BCUT2D eigenvalue weighted by Gasteiger charge is -2.36. The predicted octanol–water partition coefficient (Wildman–Crippen LogP) is 1.89. The highest BCUT2D eigenvalue weighted by Crippen LogP contribution is 2.20. The number of halogens is 3. The van der Waals surface area contributed by atoms with E-state index in [1.54, 1.807) is 0 Å². The quantitative estimate of drug-likeness (QED) is 0.709. The van der Waals surface area contributed by atoms with Crippen LogP contribution < -0.4 is 0 Å². The number of rotatable bonds is 7. The molecule has 0 saturated carbocycles. The molecule has 0 bridgehead atoms.